The number of rotatable bonds is 9. The molecule has 242 valence electrons. The number of nitrogens with zero attached hydrogens (tertiary/aromatic N) is 3. The van der Waals surface area contributed by atoms with E-state index in [9.17, 15) is 9.59 Å². The van der Waals surface area contributed by atoms with Gasteiger partial charge in [0.25, 0.3) is 5.56 Å². The smallest absolute Gasteiger partial charge is 0.338 e. The molecule has 0 radical (unpaired) electrons. The summed E-state index contributed by atoms with van der Waals surface area (Å²) in [5.74, 6) is 0.528. The van der Waals surface area contributed by atoms with Gasteiger partial charge in [-0.1, -0.05) is 64.9 Å². The number of halogens is 2. The molecule has 0 aliphatic carbocycles. The van der Waals surface area contributed by atoms with Gasteiger partial charge in [0.1, 0.15) is 0 Å². The number of allylic oxidation sites excluding steroid dienone is 1. The van der Waals surface area contributed by atoms with Crippen LogP contribution in [-0.2, 0) is 16.1 Å². The second-order valence-corrected chi connectivity index (χ2v) is 13.2. The molecule has 0 N–H and O–H groups in total. The molecule has 2 aromatic heterocycles. The van der Waals surface area contributed by atoms with Crippen LogP contribution in [0.4, 0.5) is 0 Å². The first-order chi connectivity index (χ1) is 22.6. The largest absolute Gasteiger partial charge is 0.493 e. The maximum Gasteiger partial charge on any atom is 0.338 e. The molecule has 3 aromatic carbocycles. The Hall–Kier alpha value is -4.31. The van der Waals surface area contributed by atoms with Gasteiger partial charge in [0, 0.05) is 29.2 Å². The van der Waals surface area contributed by atoms with Crippen LogP contribution in [0.2, 0.25) is 10.0 Å². The van der Waals surface area contributed by atoms with Gasteiger partial charge >= 0.3 is 5.97 Å². The second kappa shape index (κ2) is 13.4. The van der Waals surface area contributed by atoms with Crippen molar-refractivity contribution in [3.63, 3.8) is 0 Å². The highest BCUT2D eigenvalue weighted by Gasteiger charge is 2.34. The summed E-state index contributed by atoms with van der Waals surface area (Å²) in [6.07, 6.45) is 3.84. The van der Waals surface area contributed by atoms with Gasteiger partial charge < -0.3 is 18.8 Å². The molecule has 1 aliphatic rings. The fourth-order valence-corrected chi connectivity index (χ4v) is 7.17. The van der Waals surface area contributed by atoms with E-state index in [2.05, 4.69) is 4.57 Å². The van der Waals surface area contributed by atoms with Gasteiger partial charge in [-0.25, -0.2) is 9.79 Å². The minimum atomic E-state index is -0.787. The van der Waals surface area contributed by atoms with E-state index in [1.165, 1.54) is 11.3 Å². The van der Waals surface area contributed by atoms with Crippen LogP contribution < -0.4 is 24.4 Å². The molecule has 0 amide bonds. The van der Waals surface area contributed by atoms with Crippen molar-refractivity contribution in [1.29, 1.82) is 0 Å². The third-order valence-corrected chi connectivity index (χ3v) is 9.55. The van der Waals surface area contributed by atoms with Crippen molar-refractivity contribution in [1.82, 2.24) is 9.13 Å². The third kappa shape index (κ3) is 6.35. The number of methoxy groups -OCH3 is 1. The summed E-state index contributed by atoms with van der Waals surface area (Å²) in [7, 11) is 1.56. The number of ether oxygens (including phenoxy) is 3. The van der Waals surface area contributed by atoms with Gasteiger partial charge in [0.2, 0.25) is 0 Å². The van der Waals surface area contributed by atoms with E-state index in [4.69, 9.17) is 42.4 Å². The maximum absolute atomic E-state index is 14.3. The number of aromatic nitrogens is 2. The van der Waals surface area contributed by atoms with Gasteiger partial charge in [-0.05, 0) is 75.2 Å². The van der Waals surface area contributed by atoms with Crippen molar-refractivity contribution in [2.75, 3.05) is 13.7 Å². The Morgan fingerprint density at radius 1 is 1.06 bits per heavy atom. The SMILES string of the molecule is CCOC(=O)C1=C(C)N=c2s/c(=C/c3cn(Cc4ccc(Cl)c(Cl)c4)c4ccccc34)c(=O)n2[C@@H]1c1ccc(OC(C)C)c(OC)c1. The van der Waals surface area contributed by atoms with Gasteiger partial charge in [-0.3, -0.25) is 9.36 Å². The highest BCUT2D eigenvalue weighted by Crippen LogP contribution is 2.36. The minimum absolute atomic E-state index is 0.0698. The van der Waals surface area contributed by atoms with Crippen LogP contribution in [0.1, 0.15) is 50.4 Å². The first kappa shape index (κ1) is 32.6. The van der Waals surface area contributed by atoms with Crippen LogP contribution in [-0.4, -0.2) is 34.9 Å². The molecular formula is C36H33Cl2N3O5S. The minimum Gasteiger partial charge on any atom is -0.493 e. The fourth-order valence-electron chi connectivity index (χ4n) is 5.81. The zero-order chi connectivity index (χ0) is 33.4. The fraction of sp³-hybridized carbons (Fsp3) is 0.250. The molecule has 0 saturated carbocycles. The zero-order valence-corrected chi connectivity index (χ0v) is 28.9. The van der Waals surface area contributed by atoms with Crippen molar-refractivity contribution in [3.05, 3.63) is 125 Å². The molecular weight excluding hydrogens is 657 g/mol. The van der Waals surface area contributed by atoms with Crippen LogP contribution in [0.25, 0.3) is 17.0 Å². The van der Waals surface area contributed by atoms with Crippen molar-refractivity contribution >= 4 is 57.5 Å². The van der Waals surface area contributed by atoms with Crippen LogP contribution in [0.3, 0.4) is 0 Å². The maximum atomic E-state index is 14.3. The molecule has 0 fully saturated rings. The molecule has 0 saturated heterocycles. The number of hydrogen-bond donors (Lipinski definition) is 0. The lowest BCUT2D eigenvalue weighted by Crippen LogP contribution is -2.40. The first-order valence-corrected chi connectivity index (χ1v) is 16.7. The summed E-state index contributed by atoms with van der Waals surface area (Å²) >= 11 is 13.7. The molecule has 1 aliphatic heterocycles. The molecule has 1 atom stereocenters. The predicted octanol–water partition coefficient (Wildman–Crippen LogP) is 6.90. The van der Waals surface area contributed by atoms with Gasteiger partial charge in [-0.15, -0.1) is 0 Å². The summed E-state index contributed by atoms with van der Waals surface area (Å²) in [5, 5.41) is 1.99. The number of hydrogen-bond acceptors (Lipinski definition) is 7. The number of benzene rings is 3. The standard InChI is InChI=1S/C36H33Cl2N3O5S/c1-6-45-35(43)32-21(4)39-36-41(33(32)23-12-14-29(46-20(2)3)30(16-23)44-5)34(42)31(47-36)17-24-19-40(28-10-8-7-9-25(24)28)18-22-11-13-26(37)27(38)15-22/h7-17,19-20,33H,6,18H2,1-5H3/b31-17+/t33-/m1/s1. The number of para-hydroxylation sites is 1. The monoisotopic (exact) mass is 689 g/mol. The lowest BCUT2D eigenvalue weighted by atomic mass is 9.95. The Balaban J connectivity index is 1.50. The number of esters is 1. The summed E-state index contributed by atoms with van der Waals surface area (Å²) in [4.78, 5) is 32.9. The Morgan fingerprint density at radius 3 is 2.57 bits per heavy atom. The van der Waals surface area contributed by atoms with E-state index in [-0.39, 0.29) is 18.3 Å². The number of carbonyl (C=O) groups is 1. The normalized spacial score (nSPS) is 14.8. The van der Waals surface area contributed by atoms with Crippen molar-refractivity contribution in [3.8, 4) is 11.5 Å². The summed E-state index contributed by atoms with van der Waals surface area (Å²) in [6.45, 7) is 8.12. The van der Waals surface area contributed by atoms with Gasteiger partial charge in [-0.2, -0.15) is 0 Å². The van der Waals surface area contributed by atoms with E-state index in [1.807, 2.05) is 68.6 Å². The zero-order valence-electron chi connectivity index (χ0n) is 26.5. The van der Waals surface area contributed by atoms with E-state index in [0.717, 1.165) is 22.0 Å². The molecule has 0 spiro atoms. The highest BCUT2D eigenvalue weighted by molar-refractivity contribution is 7.07. The molecule has 0 bridgehead atoms. The highest BCUT2D eigenvalue weighted by atomic mass is 35.5. The van der Waals surface area contributed by atoms with Crippen LogP contribution in [0.15, 0.2) is 87.9 Å². The van der Waals surface area contributed by atoms with Gasteiger partial charge in [0.05, 0.1) is 51.7 Å². The number of carbonyl (C=O) groups excluding carboxylic acids is 1. The third-order valence-electron chi connectivity index (χ3n) is 7.83. The summed E-state index contributed by atoms with van der Waals surface area (Å²) in [6, 6.07) is 18.3. The Bertz CT molecular complexity index is 2230. The second-order valence-electron chi connectivity index (χ2n) is 11.4. The van der Waals surface area contributed by atoms with Crippen molar-refractivity contribution in [2.24, 2.45) is 4.99 Å². The molecule has 8 nitrogen and oxygen atoms in total. The lowest BCUT2D eigenvalue weighted by Gasteiger charge is -2.25. The molecule has 47 heavy (non-hydrogen) atoms. The van der Waals surface area contributed by atoms with Crippen LogP contribution in [0, 0.1) is 0 Å². The Kier molecular flexibility index (Phi) is 9.32. The van der Waals surface area contributed by atoms with Crippen molar-refractivity contribution in [2.45, 2.75) is 46.4 Å². The molecule has 6 rings (SSSR count). The van der Waals surface area contributed by atoms with E-state index in [0.29, 0.717) is 54.3 Å². The number of thiazole rings is 1. The first-order valence-electron chi connectivity index (χ1n) is 15.2. The Morgan fingerprint density at radius 2 is 1.85 bits per heavy atom. The topological polar surface area (TPSA) is 84.1 Å². The molecule has 5 aromatic rings. The van der Waals surface area contributed by atoms with Crippen LogP contribution in [0.5, 0.6) is 11.5 Å². The number of fused-ring (bicyclic) bond motifs is 2. The van der Waals surface area contributed by atoms with Crippen molar-refractivity contribution < 1.29 is 19.0 Å². The lowest BCUT2D eigenvalue weighted by molar-refractivity contribution is -0.139. The summed E-state index contributed by atoms with van der Waals surface area (Å²) in [5.41, 5.74) is 4.06. The van der Waals surface area contributed by atoms with E-state index < -0.39 is 12.0 Å². The molecule has 11 heteroatoms. The summed E-state index contributed by atoms with van der Waals surface area (Å²) < 4.78 is 21.2. The van der Waals surface area contributed by atoms with E-state index in [1.54, 1.807) is 43.7 Å². The molecule has 0 unspecified atom stereocenters. The quantitative estimate of drug-likeness (QED) is 0.157. The van der Waals surface area contributed by atoms with Gasteiger partial charge in [0.15, 0.2) is 16.3 Å². The Labute approximate surface area is 285 Å². The van der Waals surface area contributed by atoms with Crippen LogP contribution >= 0.6 is 34.5 Å². The van der Waals surface area contributed by atoms with E-state index >= 15 is 0 Å². The predicted molar refractivity (Wildman–Crippen MR) is 187 cm³/mol. The average Bonchev–Trinajstić information content (AvgIpc) is 3.54. The average molecular weight is 691 g/mol. The molecule has 3 heterocycles.